The number of carbonyl (C=O) groups is 1. The van der Waals surface area contributed by atoms with Crippen molar-refractivity contribution in [2.24, 2.45) is 0 Å². The van der Waals surface area contributed by atoms with Crippen LogP contribution in [0.4, 0.5) is 10.8 Å². The zero-order chi connectivity index (χ0) is 17.6. The fourth-order valence-electron chi connectivity index (χ4n) is 2.63. The first-order valence-electron chi connectivity index (χ1n) is 8.39. The van der Waals surface area contributed by atoms with Crippen LogP contribution in [0.3, 0.4) is 0 Å². The number of para-hydroxylation sites is 1. The van der Waals surface area contributed by atoms with Crippen molar-refractivity contribution < 1.29 is 9.53 Å². The normalized spacial score (nSPS) is 15.9. The number of benzene rings is 1. The van der Waals surface area contributed by atoms with Gasteiger partial charge in [-0.3, -0.25) is 4.79 Å². The molecule has 0 amide bonds. The van der Waals surface area contributed by atoms with Crippen molar-refractivity contribution in [3.63, 3.8) is 0 Å². The van der Waals surface area contributed by atoms with Gasteiger partial charge in [0.15, 0.2) is 4.34 Å². The minimum atomic E-state index is -0.268. The van der Waals surface area contributed by atoms with Crippen molar-refractivity contribution in [1.82, 2.24) is 10.2 Å². The van der Waals surface area contributed by atoms with E-state index in [2.05, 4.69) is 44.3 Å². The average molecular weight is 379 g/mol. The van der Waals surface area contributed by atoms with E-state index in [0.29, 0.717) is 6.61 Å². The Morgan fingerprint density at radius 2 is 1.88 bits per heavy atom. The lowest BCUT2D eigenvalue weighted by molar-refractivity contribution is -0.142. The van der Waals surface area contributed by atoms with E-state index >= 15 is 0 Å². The third-order valence-electron chi connectivity index (χ3n) is 3.96. The van der Waals surface area contributed by atoms with Crippen LogP contribution in [0.25, 0.3) is 0 Å². The Balaban J connectivity index is 1.54. The van der Waals surface area contributed by atoms with Gasteiger partial charge in [-0.2, -0.15) is 0 Å². The first-order chi connectivity index (χ1) is 12.2. The van der Waals surface area contributed by atoms with Crippen LogP contribution in [0, 0.1) is 0 Å². The van der Waals surface area contributed by atoms with E-state index < -0.39 is 0 Å². The highest BCUT2D eigenvalue weighted by atomic mass is 32.2. The van der Waals surface area contributed by atoms with Gasteiger partial charge < -0.3 is 14.5 Å². The molecule has 3 rings (SSSR count). The van der Waals surface area contributed by atoms with E-state index in [1.165, 1.54) is 17.4 Å². The molecule has 2 heterocycles. The molecule has 2 aromatic rings. The Kier molecular flexibility index (Phi) is 6.14. The van der Waals surface area contributed by atoms with E-state index in [0.717, 1.165) is 35.7 Å². The molecule has 1 saturated heterocycles. The molecule has 1 aromatic heterocycles. The first kappa shape index (κ1) is 18.0. The number of piperazine rings is 1. The van der Waals surface area contributed by atoms with E-state index in [9.17, 15) is 4.79 Å². The predicted molar refractivity (Wildman–Crippen MR) is 103 cm³/mol. The lowest BCUT2D eigenvalue weighted by atomic mass is 10.2. The number of anilines is 2. The molecule has 1 atom stereocenters. The predicted octanol–water partition coefficient (Wildman–Crippen LogP) is 2.91. The van der Waals surface area contributed by atoms with Gasteiger partial charge in [-0.15, -0.1) is 10.2 Å². The number of carbonyl (C=O) groups excluding carboxylic acids is 1. The number of ether oxygens (including phenoxy) is 1. The lowest BCUT2D eigenvalue weighted by Crippen LogP contribution is -2.46. The van der Waals surface area contributed by atoms with Crippen molar-refractivity contribution in [3.8, 4) is 0 Å². The number of hydrogen-bond acceptors (Lipinski definition) is 8. The molecule has 134 valence electrons. The van der Waals surface area contributed by atoms with Crippen LogP contribution in [0.2, 0.25) is 0 Å². The first-order valence-corrected chi connectivity index (χ1v) is 10.1. The minimum absolute atomic E-state index is 0.208. The summed E-state index contributed by atoms with van der Waals surface area (Å²) in [6.07, 6.45) is 0. The maximum absolute atomic E-state index is 11.7. The van der Waals surface area contributed by atoms with Gasteiger partial charge in [-0.1, -0.05) is 41.3 Å². The highest BCUT2D eigenvalue weighted by Crippen LogP contribution is 2.31. The Bertz CT molecular complexity index is 687. The van der Waals surface area contributed by atoms with Gasteiger partial charge in [0.05, 0.1) is 6.61 Å². The van der Waals surface area contributed by atoms with Gasteiger partial charge in [0.2, 0.25) is 5.13 Å². The van der Waals surface area contributed by atoms with Gasteiger partial charge in [0.25, 0.3) is 0 Å². The fraction of sp³-hybridized carbons (Fsp3) is 0.471. The summed E-state index contributed by atoms with van der Waals surface area (Å²) >= 11 is 2.95. The standard InChI is InChI=1S/C17H22N4O2S2/c1-3-23-15(22)13(2)24-17-19-18-16(25-17)21-11-9-20(10-12-21)14-7-5-4-6-8-14/h4-8,13H,3,9-12H2,1-2H3. The Morgan fingerprint density at radius 3 is 2.56 bits per heavy atom. The molecule has 0 spiro atoms. The summed E-state index contributed by atoms with van der Waals surface area (Å²) in [4.78, 5) is 16.4. The summed E-state index contributed by atoms with van der Waals surface area (Å²) in [5.74, 6) is -0.208. The zero-order valence-corrected chi connectivity index (χ0v) is 16.1. The molecule has 6 nitrogen and oxygen atoms in total. The summed E-state index contributed by atoms with van der Waals surface area (Å²) in [6, 6.07) is 10.5. The largest absolute Gasteiger partial charge is 0.465 e. The lowest BCUT2D eigenvalue weighted by Gasteiger charge is -2.35. The van der Waals surface area contributed by atoms with Crippen LogP contribution in [-0.2, 0) is 9.53 Å². The van der Waals surface area contributed by atoms with Crippen molar-refractivity contribution in [1.29, 1.82) is 0 Å². The fourth-order valence-corrected chi connectivity index (χ4v) is 4.67. The van der Waals surface area contributed by atoms with Crippen LogP contribution in [0.15, 0.2) is 34.7 Å². The summed E-state index contributed by atoms with van der Waals surface area (Å²) in [6.45, 7) is 7.81. The van der Waals surface area contributed by atoms with E-state index in [1.54, 1.807) is 11.3 Å². The van der Waals surface area contributed by atoms with Crippen molar-refractivity contribution >= 4 is 39.9 Å². The van der Waals surface area contributed by atoms with E-state index in [1.807, 2.05) is 19.9 Å². The molecule has 0 bridgehead atoms. The van der Waals surface area contributed by atoms with Crippen LogP contribution in [0.5, 0.6) is 0 Å². The molecule has 1 aliphatic rings. The van der Waals surface area contributed by atoms with Crippen LogP contribution >= 0.6 is 23.1 Å². The maximum Gasteiger partial charge on any atom is 0.319 e. The number of esters is 1. The van der Waals surface area contributed by atoms with Crippen molar-refractivity contribution in [2.45, 2.75) is 23.4 Å². The SMILES string of the molecule is CCOC(=O)C(C)Sc1nnc(N2CCN(c3ccccc3)CC2)s1. The second kappa shape index (κ2) is 8.53. The van der Waals surface area contributed by atoms with Crippen LogP contribution < -0.4 is 9.80 Å². The Morgan fingerprint density at radius 1 is 1.20 bits per heavy atom. The molecule has 0 saturated carbocycles. The quantitative estimate of drug-likeness (QED) is 0.566. The summed E-state index contributed by atoms with van der Waals surface area (Å²) < 4.78 is 5.84. The Labute approximate surface area is 156 Å². The van der Waals surface area contributed by atoms with Crippen molar-refractivity contribution in [2.75, 3.05) is 42.6 Å². The van der Waals surface area contributed by atoms with Crippen molar-refractivity contribution in [3.05, 3.63) is 30.3 Å². The van der Waals surface area contributed by atoms with Crippen LogP contribution in [-0.4, -0.2) is 54.2 Å². The second-order valence-corrected chi connectivity index (χ2v) is 8.22. The molecule has 0 radical (unpaired) electrons. The number of rotatable bonds is 6. The molecule has 1 fully saturated rings. The molecule has 1 aromatic carbocycles. The zero-order valence-electron chi connectivity index (χ0n) is 14.4. The van der Waals surface area contributed by atoms with Crippen LogP contribution in [0.1, 0.15) is 13.8 Å². The second-order valence-electron chi connectivity index (χ2n) is 5.67. The van der Waals surface area contributed by atoms with Gasteiger partial charge in [-0.25, -0.2) is 0 Å². The molecule has 8 heteroatoms. The van der Waals surface area contributed by atoms with Gasteiger partial charge >= 0.3 is 5.97 Å². The van der Waals surface area contributed by atoms with Gasteiger partial charge in [-0.05, 0) is 26.0 Å². The monoisotopic (exact) mass is 378 g/mol. The molecular weight excluding hydrogens is 356 g/mol. The highest BCUT2D eigenvalue weighted by molar-refractivity contribution is 8.02. The molecule has 0 aliphatic carbocycles. The minimum Gasteiger partial charge on any atom is -0.465 e. The molecule has 25 heavy (non-hydrogen) atoms. The molecular formula is C17H22N4O2S2. The van der Waals surface area contributed by atoms with Gasteiger partial charge in [0, 0.05) is 31.9 Å². The number of aromatic nitrogens is 2. The summed E-state index contributed by atoms with van der Waals surface area (Å²) in [5, 5.41) is 9.17. The van der Waals surface area contributed by atoms with E-state index in [4.69, 9.17) is 4.74 Å². The topological polar surface area (TPSA) is 58.6 Å². The molecule has 1 aliphatic heterocycles. The van der Waals surface area contributed by atoms with Gasteiger partial charge in [0.1, 0.15) is 5.25 Å². The summed E-state index contributed by atoms with van der Waals surface area (Å²) in [7, 11) is 0. The molecule has 1 unspecified atom stereocenters. The third-order valence-corrected chi connectivity index (χ3v) is 6.11. The average Bonchev–Trinajstić information content (AvgIpc) is 3.11. The number of hydrogen-bond donors (Lipinski definition) is 0. The third kappa shape index (κ3) is 4.64. The maximum atomic E-state index is 11.7. The summed E-state index contributed by atoms with van der Waals surface area (Å²) in [5.41, 5.74) is 1.26. The molecule has 0 N–H and O–H groups in total. The smallest absolute Gasteiger partial charge is 0.319 e. The van der Waals surface area contributed by atoms with E-state index in [-0.39, 0.29) is 11.2 Å². The Hall–Kier alpha value is -1.80. The number of nitrogens with zero attached hydrogens (tertiary/aromatic N) is 4. The number of thioether (sulfide) groups is 1. The highest BCUT2D eigenvalue weighted by Gasteiger charge is 2.22.